The average molecular weight is 249 g/mol. The van der Waals surface area contributed by atoms with Gasteiger partial charge < -0.3 is 0 Å². The van der Waals surface area contributed by atoms with Crippen molar-refractivity contribution in [2.45, 2.75) is 25.8 Å². The lowest BCUT2D eigenvalue weighted by Crippen LogP contribution is -2.35. The number of nitriles is 1. The van der Waals surface area contributed by atoms with E-state index in [2.05, 4.69) is 17.9 Å². The van der Waals surface area contributed by atoms with Crippen LogP contribution in [0.4, 0.5) is 0 Å². The van der Waals surface area contributed by atoms with Crippen LogP contribution in [0.5, 0.6) is 0 Å². The highest BCUT2D eigenvalue weighted by Crippen LogP contribution is 2.26. The topological polar surface area (TPSA) is 27.0 Å². The first-order valence-corrected chi connectivity index (χ1v) is 6.47. The minimum Gasteiger partial charge on any atom is -0.284 e. The SMILES string of the molecule is CC1CCN([C@@H](C#N)c2ccc(Cl)cc2)CC1. The van der Waals surface area contributed by atoms with Crippen LogP contribution < -0.4 is 0 Å². The minimum atomic E-state index is -0.125. The van der Waals surface area contributed by atoms with Gasteiger partial charge in [-0.25, -0.2) is 0 Å². The van der Waals surface area contributed by atoms with Crippen molar-refractivity contribution in [3.63, 3.8) is 0 Å². The van der Waals surface area contributed by atoms with E-state index in [0.717, 1.165) is 29.6 Å². The van der Waals surface area contributed by atoms with E-state index in [4.69, 9.17) is 11.6 Å². The Morgan fingerprint density at radius 3 is 2.41 bits per heavy atom. The Labute approximate surface area is 108 Å². The number of piperidine rings is 1. The van der Waals surface area contributed by atoms with Crippen molar-refractivity contribution in [2.24, 2.45) is 5.92 Å². The molecule has 2 nitrogen and oxygen atoms in total. The van der Waals surface area contributed by atoms with E-state index in [1.54, 1.807) is 0 Å². The highest BCUT2D eigenvalue weighted by atomic mass is 35.5. The molecule has 1 aromatic carbocycles. The van der Waals surface area contributed by atoms with Gasteiger partial charge in [0.1, 0.15) is 6.04 Å². The number of hydrogen-bond acceptors (Lipinski definition) is 2. The zero-order valence-corrected chi connectivity index (χ0v) is 10.8. The zero-order valence-electron chi connectivity index (χ0n) is 10.1. The molecule has 1 atom stereocenters. The Balaban J connectivity index is 2.11. The smallest absolute Gasteiger partial charge is 0.123 e. The molecule has 3 heteroatoms. The molecule has 0 radical (unpaired) electrons. The van der Waals surface area contributed by atoms with E-state index in [9.17, 15) is 5.26 Å². The normalized spacial score (nSPS) is 19.8. The molecule has 0 bridgehead atoms. The summed E-state index contributed by atoms with van der Waals surface area (Å²) in [6, 6.07) is 9.90. The van der Waals surface area contributed by atoms with Crippen molar-refractivity contribution in [1.82, 2.24) is 4.90 Å². The lowest BCUT2D eigenvalue weighted by Gasteiger charge is -2.33. The second-order valence-corrected chi connectivity index (χ2v) is 5.24. The third-order valence-corrected chi connectivity index (χ3v) is 3.74. The van der Waals surface area contributed by atoms with Gasteiger partial charge >= 0.3 is 0 Å². The number of benzene rings is 1. The van der Waals surface area contributed by atoms with Crippen LogP contribution in [-0.2, 0) is 0 Å². The van der Waals surface area contributed by atoms with Gasteiger partial charge in [0.2, 0.25) is 0 Å². The molecule has 0 saturated carbocycles. The van der Waals surface area contributed by atoms with Crippen molar-refractivity contribution >= 4 is 11.6 Å². The minimum absolute atomic E-state index is 0.125. The lowest BCUT2D eigenvalue weighted by atomic mass is 9.96. The molecule has 0 aromatic heterocycles. The average Bonchev–Trinajstić information content (AvgIpc) is 2.35. The fourth-order valence-electron chi connectivity index (χ4n) is 2.30. The highest BCUT2D eigenvalue weighted by molar-refractivity contribution is 6.30. The number of nitrogens with zero attached hydrogens (tertiary/aromatic N) is 2. The number of rotatable bonds is 2. The summed E-state index contributed by atoms with van der Waals surface area (Å²) in [6.45, 7) is 4.31. The molecule has 0 aliphatic carbocycles. The van der Waals surface area contributed by atoms with Gasteiger partial charge in [-0.05, 0) is 49.5 Å². The zero-order chi connectivity index (χ0) is 12.3. The fourth-order valence-corrected chi connectivity index (χ4v) is 2.42. The van der Waals surface area contributed by atoms with Crippen LogP contribution >= 0.6 is 11.6 Å². The van der Waals surface area contributed by atoms with E-state index < -0.39 is 0 Å². The second-order valence-electron chi connectivity index (χ2n) is 4.80. The molecule has 1 aromatic rings. The van der Waals surface area contributed by atoms with Crippen LogP contribution in [0, 0.1) is 17.2 Å². The largest absolute Gasteiger partial charge is 0.284 e. The third-order valence-electron chi connectivity index (χ3n) is 3.49. The Morgan fingerprint density at radius 2 is 1.88 bits per heavy atom. The lowest BCUT2D eigenvalue weighted by molar-refractivity contribution is 0.165. The molecule has 0 amide bonds. The summed E-state index contributed by atoms with van der Waals surface area (Å²) in [7, 11) is 0. The first-order chi connectivity index (χ1) is 8.20. The fraction of sp³-hybridized carbons (Fsp3) is 0.500. The van der Waals surface area contributed by atoms with Gasteiger partial charge in [-0.15, -0.1) is 0 Å². The predicted molar refractivity (Wildman–Crippen MR) is 69.8 cm³/mol. The summed E-state index contributed by atoms with van der Waals surface area (Å²) < 4.78 is 0. The van der Waals surface area contributed by atoms with Gasteiger partial charge in [0.25, 0.3) is 0 Å². The molecular weight excluding hydrogens is 232 g/mol. The van der Waals surface area contributed by atoms with Crippen LogP contribution in [0.2, 0.25) is 5.02 Å². The third kappa shape index (κ3) is 3.00. The molecule has 1 fully saturated rings. The van der Waals surface area contributed by atoms with Crippen molar-refractivity contribution in [1.29, 1.82) is 5.26 Å². The summed E-state index contributed by atoms with van der Waals surface area (Å²) >= 11 is 5.87. The molecular formula is C14H17ClN2. The first-order valence-electron chi connectivity index (χ1n) is 6.10. The molecule has 1 heterocycles. The maximum Gasteiger partial charge on any atom is 0.123 e. The van der Waals surface area contributed by atoms with Crippen molar-refractivity contribution in [3.05, 3.63) is 34.9 Å². The molecule has 1 aliphatic heterocycles. The van der Waals surface area contributed by atoms with E-state index >= 15 is 0 Å². The molecule has 1 aliphatic rings. The van der Waals surface area contributed by atoms with Gasteiger partial charge in [0.15, 0.2) is 0 Å². The standard InChI is InChI=1S/C14H17ClN2/c1-11-6-8-17(9-7-11)14(10-16)12-2-4-13(15)5-3-12/h2-5,11,14H,6-9H2,1H3/t14-/m0/s1. The number of hydrogen-bond donors (Lipinski definition) is 0. The monoisotopic (exact) mass is 248 g/mol. The molecule has 90 valence electrons. The quantitative estimate of drug-likeness (QED) is 0.799. The Morgan fingerprint density at radius 1 is 1.29 bits per heavy atom. The van der Waals surface area contributed by atoms with E-state index in [-0.39, 0.29) is 6.04 Å². The van der Waals surface area contributed by atoms with Gasteiger partial charge in [-0.3, -0.25) is 4.90 Å². The summed E-state index contributed by atoms with van der Waals surface area (Å²) in [5.41, 5.74) is 1.05. The Kier molecular flexibility index (Phi) is 4.04. The predicted octanol–water partition coefficient (Wildman–Crippen LogP) is 3.64. The highest BCUT2D eigenvalue weighted by Gasteiger charge is 2.24. The van der Waals surface area contributed by atoms with Crippen molar-refractivity contribution in [2.75, 3.05) is 13.1 Å². The second kappa shape index (κ2) is 5.53. The molecule has 0 N–H and O–H groups in total. The van der Waals surface area contributed by atoms with Crippen LogP contribution in [0.15, 0.2) is 24.3 Å². The molecule has 1 saturated heterocycles. The summed E-state index contributed by atoms with van der Waals surface area (Å²) in [6.07, 6.45) is 2.37. The molecule has 2 rings (SSSR count). The molecule has 0 unspecified atom stereocenters. The maximum atomic E-state index is 9.34. The van der Waals surface area contributed by atoms with Crippen LogP contribution in [0.25, 0.3) is 0 Å². The maximum absolute atomic E-state index is 9.34. The Bertz CT molecular complexity index is 399. The number of halogens is 1. The molecule has 0 spiro atoms. The van der Waals surface area contributed by atoms with Gasteiger partial charge in [-0.2, -0.15) is 5.26 Å². The first kappa shape index (κ1) is 12.4. The van der Waals surface area contributed by atoms with E-state index in [0.29, 0.717) is 0 Å². The van der Waals surface area contributed by atoms with E-state index in [1.807, 2.05) is 24.3 Å². The summed E-state index contributed by atoms with van der Waals surface area (Å²) in [5, 5.41) is 10.1. The van der Waals surface area contributed by atoms with Crippen LogP contribution in [-0.4, -0.2) is 18.0 Å². The van der Waals surface area contributed by atoms with Gasteiger partial charge in [-0.1, -0.05) is 30.7 Å². The number of likely N-dealkylation sites (tertiary alicyclic amines) is 1. The van der Waals surface area contributed by atoms with Gasteiger partial charge in [0.05, 0.1) is 6.07 Å². The molecule has 17 heavy (non-hydrogen) atoms. The summed E-state index contributed by atoms with van der Waals surface area (Å²) in [5.74, 6) is 0.788. The van der Waals surface area contributed by atoms with Crippen LogP contribution in [0.3, 0.4) is 0 Å². The Hall–Kier alpha value is -1.04. The van der Waals surface area contributed by atoms with Crippen molar-refractivity contribution < 1.29 is 0 Å². The van der Waals surface area contributed by atoms with Crippen molar-refractivity contribution in [3.8, 4) is 6.07 Å². The van der Waals surface area contributed by atoms with Gasteiger partial charge in [0, 0.05) is 5.02 Å². The van der Waals surface area contributed by atoms with Crippen LogP contribution in [0.1, 0.15) is 31.4 Å². The summed E-state index contributed by atoms with van der Waals surface area (Å²) in [4.78, 5) is 2.27. The van der Waals surface area contributed by atoms with E-state index in [1.165, 1.54) is 12.8 Å².